The van der Waals surface area contributed by atoms with E-state index in [1.807, 2.05) is 23.6 Å². The van der Waals surface area contributed by atoms with E-state index in [0.29, 0.717) is 41.2 Å². The van der Waals surface area contributed by atoms with Gasteiger partial charge >= 0.3 is 5.97 Å². The number of aromatic amines is 1. The second-order valence-corrected chi connectivity index (χ2v) is 7.11. The Morgan fingerprint density at radius 3 is 2.93 bits per heavy atom. The van der Waals surface area contributed by atoms with Gasteiger partial charge in [0, 0.05) is 12.8 Å². The molecule has 7 nitrogen and oxygen atoms in total. The summed E-state index contributed by atoms with van der Waals surface area (Å²) in [5, 5.41) is 2.50. The molecule has 8 heteroatoms. The Hall–Kier alpha value is -3.26. The molecule has 0 saturated heterocycles. The number of carbonyl (C=O) groups excluding carboxylic acids is 1. The number of hydrogen-bond donors (Lipinski definition) is 1. The zero-order valence-electron chi connectivity index (χ0n) is 14.9. The number of nitrogens with zero attached hydrogens (tertiary/aromatic N) is 2. The van der Waals surface area contributed by atoms with Crippen LogP contribution in [0.4, 0.5) is 0 Å². The minimum absolute atomic E-state index is 0.0682. The smallest absolute Gasteiger partial charge is 0.306 e. The highest BCUT2D eigenvalue weighted by atomic mass is 32.1. The standard InChI is InChI=1S/C20H17N3O4S/c24-18(26-11-13-12-27-20(21-13)16-7-4-10-28-16)9-3-8-17-22-15-6-2-1-5-14(15)19(25)23-17/h1-2,4-7,10,12H,3,8-9,11H2,(H,22,23,25). The number of benzene rings is 1. The van der Waals surface area contributed by atoms with E-state index < -0.39 is 0 Å². The van der Waals surface area contributed by atoms with Crippen molar-refractivity contribution in [3.8, 4) is 10.8 Å². The summed E-state index contributed by atoms with van der Waals surface area (Å²) < 4.78 is 10.6. The molecule has 1 N–H and O–H groups in total. The average Bonchev–Trinajstić information content (AvgIpc) is 3.38. The van der Waals surface area contributed by atoms with Gasteiger partial charge in [-0.1, -0.05) is 18.2 Å². The molecule has 0 atom stereocenters. The lowest BCUT2D eigenvalue weighted by atomic mass is 10.2. The van der Waals surface area contributed by atoms with Gasteiger partial charge in [0.2, 0.25) is 5.89 Å². The van der Waals surface area contributed by atoms with Gasteiger partial charge < -0.3 is 14.1 Å². The zero-order valence-corrected chi connectivity index (χ0v) is 15.7. The molecule has 0 aliphatic carbocycles. The number of H-pyrrole nitrogens is 1. The summed E-state index contributed by atoms with van der Waals surface area (Å²) in [5.41, 5.74) is 1.05. The second-order valence-electron chi connectivity index (χ2n) is 6.17. The van der Waals surface area contributed by atoms with Crippen molar-refractivity contribution in [2.75, 3.05) is 0 Å². The van der Waals surface area contributed by atoms with Crippen LogP contribution in [0.2, 0.25) is 0 Å². The van der Waals surface area contributed by atoms with Gasteiger partial charge in [0.15, 0.2) is 0 Å². The number of rotatable bonds is 7. The minimum atomic E-state index is -0.330. The normalized spacial score (nSPS) is 11.0. The largest absolute Gasteiger partial charge is 0.459 e. The molecule has 0 unspecified atom stereocenters. The highest BCUT2D eigenvalue weighted by molar-refractivity contribution is 7.13. The Balaban J connectivity index is 1.26. The molecule has 0 bridgehead atoms. The fraction of sp³-hybridized carbons (Fsp3) is 0.200. The predicted molar refractivity (Wildman–Crippen MR) is 105 cm³/mol. The number of nitrogens with one attached hydrogen (secondary N) is 1. The number of aromatic nitrogens is 3. The molecule has 0 spiro atoms. The van der Waals surface area contributed by atoms with Crippen molar-refractivity contribution in [2.45, 2.75) is 25.9 Å². The van der Waals surface area contributed by atoms with Gasteiger partial charge in [-0.15, -0.1) is 11.3 Å². The van der Waals surface area contributed by atoms with Crippen molar-refractivity contribution >= 4 is 28.2 Å². The number of hydrogen-bond acceptors (Lipinski definition) is 7. The summed E-state index contributed by atoms with van der Waals surface area (Å²) in [5.74, 6) is 0.754. The van der Waals surface area contributed by atoms with Gasteiger partial charge in [-0.2, -0.15) is 0 Å². The Morgan fingerprint density at radius 1 is 1.18 bits per heavy atom. The molecule has 4 aromatic rings. The lowest BCUT2D eigenvalue weighted by Gasteiger charge is -2.04. The van der Waals surface area contributed by atoms with Crippen molar-refractivity contribution in [3.05, 3.63) is 69.9 Å². The molecular weight excluding hydrogens is 378 g/mol. The predicted octanol–water partition coefficient (Wildman–Crippen LogP) is 3.71. The highest BCUT2D eigenvalue weighted by Crippen LogP contribution is 2.23. The average molecular weight is 395 g/mol. The third kappa shape index (κ3) is 4.17. The van der Waals surface area contributed by atoms with Gasteiger partial charge in [0.1, 0.15) is 24.4 Å². The molecule has 3 heterocycles. The topological polar surface area (TPSA) is 98.1 Å². The summed E-state index contributed by atoms with van der Waals surface area (Å²) in [7, 11) is 0. The fourth-order valence-corrected chi connectivity index (χ4v) is 3.42. The van der Waals surface area contributed by atoms with Gasteiger partial charge in [-0.25, -0.2) is 9.97 Å². The number of fused-ring (bicyclic) bond motifs is 1. The van der Waals surface area contributed by atoms with Crippen LogP contribution in [0.25, 0.3) is 21.7 Å². The van der Waals surface area contributed by atoms with Crippen molar-refractivity contribution in [1.82, 2.24) is 15.0 Å². The number of carbonyl (C=O) groups is 1. The van der Waals surface area contributed by atoms with Crippen LogP contribution in [0.5, 0.6) is 0 Å². The van der Waals surface area contributed by atoms with Gasteiger partial charge in [-0.3, -0.25) is 9.59 Å². The molecule has 0 saturated carbocycles. The van der Waals surface area contributed by atoms with Crippen molar-refractivity contribution in [1.29, 1.82) is 0 Å². The molecule has 0 radical (unpaired) electrons. The number of ether oxygens (including phenoxy) is 1. The molecule has 142 valence electrons. The van der Waals surface area contributed by atoms with E-state index in [1.165, 1.54) is 17.6 Å². The molecule has 3 aromatic heterocycles. The van der Waals surface area contributed by atoms with Crippen molar-refractivity contribution in [2.24, 2.45) is 0 Å². The maximum atomic E-state index is 12.0. The number of esters is 1. The van der Waals surface area contributed by atoms with Crippen LogP contribution in [0.3, 0.4) is 0 Å². The maximum absolute atomic E-state index is 12.0. The first kappa shape index (κ1) is 18.1. The van der Waals surface area contributed by atoms with E-state index in [-0.39, 0.29) is 24.6 Å². The molecule has 0 aliphatic heterocycles. The highest BCUT2D eigenvalue weighted by Gasteiger charge is 2.10. The lowest BCUT2D eigenvalue weighted by molar-refractivity contribution is -0.145. The zero-order chi connectivity index (χ0) is 19.3. The van der Waals surface area contributed by atoms with Crippen molar-refractivity contribution in [3.63, 3.8) is 0 Å². The van der Waals surface area contributed by atoms with Crippen LogP contribution in [0.1, 0.15) is 24.4 Å². The van der Waals surface area contributed by atoms with Gasteiger partial charge in [-0.05, 0) is 30.0 Å². The third-order valence-corrected chi connectivity index (χ3v) is 4.98. The third-order valence-electron chi connectivity index (χ3n) is 4.12. The Morgan fingerprint density at radius 2 is 2.07 bits per heavy atom. The molecule has 0 aliphatic rings. The summed E-state index contributed by atoms with van der Waals surface area (Å²) in [4.78, 5) is 36.4. The molecule has 1 aromatic carbocycles. The van der Waals surface area contributed by atoms with E-state index in [9.17, 15) is 9.59 Å². The lowest BCUT2D eigenvalue weighted by Crippen LogP contribution is -2.12. The molecular formula is C20H17N3O4S. The fourth-order valence-electron chi connectivity index (χ4n) is 2.77. The monoisotopic (exact) mass is 395 g/mol. The van der Waals surface area contributed by atoms with E-state index in [4.69, 9.17) is 9.15 Å². The number of aryl methyl sites for hydroxylation is 1. The van der Waals surface area contributed by atoms with Crippen LogP contribution in [0.15, 0.2) is 57.3 Å². The quantitative estimate of drug-likeness (QED) is 0.479. The van der Waals surface area contributed by atoms with E-state index in [0.717, 1.165) is 4.88 Å². The van der Waals surface area contributed by atoms with Crippen molar-refractivity contribution < 1.29 is 13.9 Å². The van der Waals surface area contributed by atoms with Gasteiger partial charge in [0.25, 0.3) is 5.56 Å². The van der Waals surface area contributed by atoms with Gasteiger partial charge in [0.05, 0.1) is 15.8 Å². The number of oxazole rings is 1. The minimum Gasteiger partial charge on any atom is -0.459 e. The van der Waals surface area contributed by atoms with Crippen LogP contribution in [-0.2, 0) is 22.6 Å². The van der Waals surface area contributed by atoms with Crippen LogP contribution in [0, 0.1) is 0 Å². The molecule has 0 amide bonds. The maximum Gasteiger partial charge on any atom is 0.306 e. The SMILES string of the molecule is O=C(CCCc1nc2ccccc2c(=O)[nH]1)OCc1coc(-c2cccs2)n1. The first-order valence-corrected chi connectivity index (χ1v) is 9.69. The van der Waals surface area contributed by atoms with E-state index in [1.54, 1.807) is 18.2 Å². The van der Waals surface area contributed by atoms with E-state index >= 15 is 0 Å². The van der Waals surface area contributed by atoms with E-state index in [2.05, 4.69) is 15.0 Å². The summed E-state index contributed by atoms with van der Waals surface area (Å²) in [6.45, 7) is 0.0682. The molecule has 28 heavy (non-hydrogen) atoms. The summed E-state index contributed by atoms with van der Waals surface area (Å²) in [6.07, 6.45) is 2.74. The van der Waals surface area contributed by atoms with Crippen LogP contribution in [-0.4, -0.2) is 20.9 Å². The van der Waals surface area contributed by atoms with Crippen LogP contribution < -0.4 is 5.56 Å². The number of para-hydroxylation sites is 1. The molecule has 4 rings (SSSR count). The Labute approximate surface area is 164 Å². The Bertz CT molecular complexity index is 1150. The second kappa shape index (κ2) is 8.18. The van der Waals surface area contributed by atoms with Crippen LogP contribution >= 0.6 is 11.3 Å². The molecule has 0 fully saturated rings. The first-order valence-electron chi connectivity index (χ1n) is 8.81. The Kier molecular flexibility index (Phi) is 5.29. The number of thiophene rings is 1. The first-order chi connectivity index (χ1) is 13.7. The summed E-state index contributed by atoms with van der Waals surface area (Å²) in [6, 6.07) is 11.0. The summed E-state index contributed by atoms with van der Waals surface area (Å²) >= 11 is 1.53.